The molecule has 5 heteroatoms. The van der Waals surface area contributed by atoms with E-state index in [4.69, 9.17) is 19.4 Å². The summed E-state index contributed by atoms with van der Waals surface area (Å²) >= 11 is 0. The van der Waals surface area contributed by atoms with Gasteiger partial charge < -0.3 is 8.98 Å². The maximum absolute atomic E-state index is 7.09. The van der Waals surface area contributed by atoms with Crippen LogP contribution in [0.25, 0.3) is 160 Å². The highest BCUT2D eigenvalue weighted by atomic mass is 16.3. The molecule has 0 aliphatic carbocycles. The molecule has 16 rings (SSSR count). The van der Waals surface area contributed by atoms with E-state index in [0.29, 0.717) is 17.5 Å². The first-order valence-corrected chi connectivity index (χ1v) is 25.8. The molecule has 0 bridgehead atoms. The number of hydrogen-bond acceptors (Lipinski definition) is 4. The van der Waals surface area contributed by atoms with Gasteiger partial charge in [-0.2, -0.15) is 0 Å². The second-order valence-corrected chi connectivity index (χ2v) is 19.9. The predicted molar refractivity (Wildman–Crippen MR) is 316 cm³/mol. The Hall–Kier alpha value is -10.2. The molecule has 0 spiro atoms. The van der Waals surface area contributed by atoms with Crippen molar-refractivity contribution in [2.24, 2.45) is 0 Å². The molecule has 352 valence electrons. The molecule has 3 heterocycles. The van der Waals surface area contributed by atoms with Gasteiger partial charge in [0.15, 0.2) is 17.5 Å². The molecule has 0 saturated heterocycles. The lowest BCUT2D eigenvalue weighted by Gasteiger charge is -2.16. The molecular formula is C71H42N4O. The first-order chi connectivity index (χ1) is 37.6. The third-order valence-electron chi connectivity index (χ3n) is 15.6. The van der Waals surface area contributed by atoms with Crippen molar-refractivity contribution in [2.45, 2.75) is 0 Å². The summed E-state index contributed by atoms with van der Waals surface area (Å²) in [7, 11) is 0. The zero-order chi connectivity index (χ0) is 49.8. The number of benzene rings is 13. The van der Waals surface area contributed by atoms with Gasteiger partial charge in [0, 0.05) is 49.9 Å². The topological polar surface area (TPSA) is 56.7 Å². The Bertz CT molecular complexity index is 4960. The van der Waals surface area contributed by atoms with Crippen LogP contribution in [0.3, 0.4) is 0 Å². The molecule has 0 N–H and O–H groups in total. The minimum Gasteiger partial charge on any atom is -0.456 e. The first-order valence-electron chi connectivity index (χ1n) is 25.8. The molecule has 0 saturated carbocycles. The number of rotatable bonds is 6. The van der Waals surface area contributed by atoms with E-state index in [1.807, 2.05) is 0 Å². The number of hydrogen-bond donors (Lipinski definition) is 0. The number of nitrogens with zero attached hydrogens (tertiary/aromatic N) is 4. The molecule has 0 unspecified atom stereocenters. The van der Waals surface area contributed by atoms with Crippen LogP contribution in [0.15, 0.2) is 259 Å². The molecule has 16 aromatic rings. The molecule has 0 radical (unpaired) electrons. The fourth-order valence-corrected chi connectivity index (χ4v) is 11.9. The summed E-state index contributed by atoms with van der Waals surface area (Å²) in [5.74, 6) is 1.77. The lowest BCUT2D eigenvalue weighted by atomic mass is 9.96. The average Bonchev–Trinajstić information content (AvgIpc) is 4.18. The van der Waals surface area contributed by atoms with E-state index in [-0.39, 0.29) is 0 Å². The third kappa shape index (κ3) is 6.69. The zero-order valence-corrected chi connectivity index (χ0v) is 40.9. The highest BCUT2D eigenvalue weighted by Gasteiger charge is 2.24. The minimum atomic E-state index is 0.567. The molecule has 0 fully saturated rings. The van der Waals surface area contributed by atoms with Gasteiger partial charge in [-0.05, 0) is 119 Å². The van der Waals surface area contributed by atoms with Crippen molar-refractivity contribution in [1.82, 2.24) is 19.5 Å². The normalized spacial score (nSPS) is 11.9. The maximum atomic E-state index is 7.09. The molecule has 3 aromatic heterocycles. The van der Waals surface area contributed by atoms with Crippen LogP contribution < -0.4 is 0 Å². The summed E-state index contributed by atoms with van der Waals surface area (Å²) < 4.78 is 9.54. The Kier molecular flexibility index (Phi) is 9.27. The molecule has 0 atom stereocenters. The van der Waals surface area contributed by atoms with Crippen LogP contribution in [0.1, 0.15) is 0 Å². The van der Waals surface area contributed by atoms with Gasteiger partial charge in [0.2, 0.25) is 0 Å². The Labute approximate surface area is 436 Å². The number of fused-ring (bicyclic) bond motifs is 12. The van der Waals surface area contributed by atoms with E-state index in [0.717, 1.165) is 99.0 Å². The Morgan fingerprint density at radius 1 is 0.263 bits per heavy atom. The van der Waals surface area contributed by atoms with Crippen LogP contribution in [0, 0.1) is 0 Å². The van der Waals surface area contributed by atoms with Crippen molar-refractivity contribution >= 4 is 97.6 Å². The maximum Gasteiger partial charge on any atom is 0.164 e. The van der Waals surface area contributed by atoms with Crippen molar-refractivity contribution in [3.63, 3.8) is 0 Å². The van der Waals surface area contributed by atoms with Crippen LogP contribution in [0.2, 0.25) is 0 Å². The summed E-state index contributed by atoms with van der Waals surface area (Å²) in [6.45, 7) is 0. The fourth-order valence-electron chi connectivity index (χ4n) is 11.9. The van der Waals surface area contributed by atoms with Gasteiger partial charge in [-0.25, -0.2) is 15.0 Å². The first kappa shape index (κ1) is 42.3. The van der Waals surface area contributed by atoms with Crippen molar-refractivity contribution < 1.29 is 4.42 Å². The summed E-state index contributed by atoms with van der Waals surface area (Å²) in [5.41, 5.74) is 12.0. The highest BCUT2D eigenvalue weighted by Crippen LogP contribution is 2.45. The van der Waals surface area contributed by atoms with Gasteiger partial charge in [-0.1, -0.05) is 200 Å². The molecule has 0 amide bonds. The average molecular weight is 967 g/mol. The smallest absolute Gasteiger partial charge is 0.164 e. The molecule has 13 aromatic carbocycles. The standard InChI is InChI=1S/C71H42N4O/c1-2-15-43(16-3-1)45-29-32-46(33-30-45)58-41-62-67(42-65(58)75-63-39-50-21-8-6-19-48(50)36-59(63)60-37-49-20-7-9-22-51(49)40-64(60)75)76-66-28-14-27-57(68(62)66)70-72-69(53-34-31-44-17-4-5-18-47(44)35-53)73-71(74-70)61-38-52-23-10-11-24-54(52)55-25-12-13-26-56(55)61/h1-42H. The third-order valence-corrected chi connectivity index (χ3v) is 15.6. The van der Waals surface area contributed by atoms with Gasteiger partial charge >= 0.3 is 0 Å². The summed E-state index contributed by atoms with van der Waals surface area (Å²) in [6.07, 6.45) is 0. The van der Waals surface area contributed by atoms with Gasteiger partial charge in [0.1, 0.15) is 11.2 Å². The van der Waals surface area contributed by atoms with Crippen LogP contribution in [0.4, 0.5) is 0 Å². The predicted octanol–water partition coefficient (Wildman–Crippen LogP) is 19.0. The zero-order valence-electron chi connectivity index (χ0n) is 40.9. The Balaban J connectivity index is 0.980. The molecule has 76 heavy (non-hydrogen) atoms. The van der Waals surface area contributed by atoms with E-state index >= 15 is 0 Å². The van der Waals surface area contributed by atoms with Crippen LogP contribution >= 0.6 is 0 Å². The van der Waals surface area contributed by atoms with E-state index < -0.39 is 0 Å². The largest absolute Gasteiger partial charge is 0.456 e. The highest BCUT2D eigenvalue weighted by molar-refractivity contribution is 6.19. The van der Waals surface area contributed by atoms with Crippen LogP contribution in [-0.4, -0.2) is 19.5 Å². The van der Waals surface area contributed by atoms with Crippen molar-refractivity contribution in [1.29, 1.82) is 0 Å². The van der Waals surface area contributed by atoms with E-state index in [1.165, 1.54) is 43.3 Å². The monoisotopic (exact) mass is 966 g/mol. The molecule has 0 aliphatic heterocycles. The van der Waals surface area contributed by atoms with E-state index in [2.05, 4.69) is 259 Å². The Morgan fingerprint density at radius 2 is 0.789 bits per heavy atom. The van der Waals surface area contributed by atoms with Gasteiger partial charge in [-0.15, -0.1) is 0 Å². The van der Waals surface area contributed by atoms with Crippen LogP contribution in [0.5, 0.6) is 0 Å². The molecule has 5 nitrogen and oxygen atoms in total. The minimum absolute atomic E-state index is 0.567. The van der Waals surface area contributed by atoms with Crippen molar-refractivity contribution in [2.75, 3.05) is 0 Å². The van der Waals surface area contributed by atoms with E-state index in [9.17, 15) is 0 Å². The second kappa shape index (κ2) is 16.7. The summed E-state index contributed by atoms with van der Waals surface area (Å²) in [6, 6.07) is 91.4. The van der Waals surface area contributed by atoms with E-state index in [1.54, 1.807) is 0 Å². The lowest BCUT2D eigenvalue weighted by Crippen LogP contribution is -2.01. The number of aromatic nitrogens is 4. The quantitative estimate of drug-likeness (QED) is 0.156. The number of furan rings is 1. The lowest BCUT2D eigenvalue weighted by molar-refractivity contribution is 0.668. The molecular weight excluding hydrogens is 925 g/mol. The Morgan fingerprint density at radius 3 is 1.49 bits per heavy atom. The summed E-state index contributed by atoms with van der Waals surface area (Å²) in [5, 5.41) is 15.9. The van der Waals surface area contributed by atoms with Gasteiger partial charge in [0.05, 0.1) is 16.7 Å². The molecule has 0 aliphatic rings. The SMILES string of the molecule is c1ccc(-c2ccc(-c3cc4c(cc3-n3c5cc6ccccc6cc5c5cc6ccccc6cc53)oc3cccc(-c5nc(-c6ccc7ccccc7c6)nc(-c6cc7ccccc7c7ccccc67)n5)c34)cc2)cc1. The van der Waals surface area contributed by atoms with Gasteiger partial charge in [-0.3, -0.25) is 0 Å². The fraction of sp³-hybridized carbons (Fsp3) is 0. The second-order valence-electron chi connectivity index (χ2n) is 19.9. The van der Waals surface area contributed by atoms with Crippen molar-refractivity contribution in [3.8, 4) is 62.1 Å². The van der Waals surface area contributed by atoms with Crippen LogP contribution in [-0.2, 0) is 0 Å². The van der Waals surface area contributed by atoms with Crippen molar-refractivity contribution in [3.05, 3.63) is 255 Å². The van der Waals surface area contributed by atoms with Gasteiger partial charge in [0.25, 0.3) is 0 Å². The summed E-state index contributed by atoms with van der Waals surface area (Å²) in [4.78, 5) is 16.3.